The van der Waals surface area contributed by atoms with Crippen LogP contribution in [0.3, 0.4) is 0 Å². The van der Waals surface area contributed by atoms with Gasteiger partial charge in [0.1, 0.15) is 5.54 Å². The molecule has 1 heterocycles. The normalized spacial score (nSPS) is 28.2. The Labute approximate surface area is 92.8 Å². The van der Waals surface area contributed by atoms with Gasteiger partial charge < -0.3 is 5.32 Å². The minimum absolute atomic E-state index is 0.0727. The molecule has 1 fully saturated rings. The Morgan fingerprint density at radius 3 is 3.00 bits per heavy atom. The Morgan fingerprint density at radius 2 is 2.27 bits per heavy atom. The van der Waals surface area contributed by atoms with Crippen LogP contribution < -0.4 is 10.6 Å². The van der Waals surface area contributed by atoms with E-state index < -0.39 is 5.54 Å². The number of amides is 1. The van der Waals surface area contributed by atoms with Crippen molar-refractivity contribution in [3.05, 3.63) is 34.3 Å². The summed E-state index contributed by atoms with van der Waals surface area (Å²) in [5.74, 6) is 0.0727. The van der Waals surface area contributed by atoms with Crippen molar-refractivity contribution in [2.45, 2.75) is 18.4 Å². The van der Waals surface area contributed by atoms with Crippen molar-refractivity contribution in [1.29, 1.82) is 0 Å². The second-order valence-electron chi connectivity index (χ2n) is 4.07. The van der Waals surface area contributed by atoms with Crippen molar-refractivity contribution in [2.24, 2.45) is 0 Å². The molecule has 0 radical (unpaired) electrons. The number of carbonyl (C=O) groups is 1. The zero-order chi connectivity index (χ0) is 10.5. The number of hydrogen-bond donors (Lipinski definition) is 2. The van der Waals surface area contributed by atoms with Crippen LogP contribution in [0.5, 0.6) is 0 Å². The van der Waals surface area contributed by atoms with Gasteiger partial charge >= 0.3 is 0 Å². The lowest BCUT2D eigenvalue weighted by Gasteiger charge is -2.21. The van der Waals surface area contributed by atoms with Crippen LogP contribution in [-0.4, -0.2) is 12.6 Å². The number of hydrogen-bond acceptors (Lipinski definition) is 2. The highest BCUT2D eigenvalue weighted by Crippen LogP contribution is 2.39. The fourth-order valence-corrected chi connectivity index (χ4v) is 2.72. The second kappa shape index (κ2) is 2.97. The predicted octanol–water partition coefficient (Wildman–Crippen LogP) is 1.16. The first kappa shape index (κ1) is 9.19. The molecule has 1 aliphatic carbocycles. The van der Waals surface area contributed by atoms with Crippen LogP contribution in [0.4, 0.5) is 0 Å². The molecule has 0 aromatic heterocycles. The van der Waals surface area contributed by atoms with E-state index in [0.717, 1.165) is 18.4 Å². The molecule has 1 saturated heterocycles. The van der Waals surface area contributed by atoms with Crippen molar-refractivity contribution in [3.8, 4) is 0 Å². The van der Waals surface area contributed by atoms with Gasteiger partial charge in [0.2, 0.25) is 5.91 Å². The number of fused-ring (bicyclic) bond motifs is 2. The molecule has 1 unspecified atom stereocenters. The molecule has 1 spiro atoms. The smallest absolute Gasteiger partial charge is 0.245 e. The lowest BCUT2D eigenvalue weighted by molar-refractivity contribution is -0.124. The highest BCUT2D eigenvalue weighted by Gasteiger charge is 2.47. The molecule has 1 aromatic carbocycles. The summed E-state index contributed by atoms with van der Waals surface area (Å²) in [6.45, 7) is 0.546. The van der Waals surface area contributed by atoms with Crippen LogP contribution in [0.15, 0.2) is 18.2 Å². The van der Waals surface area contributed by atoms with Crippen LogP contribution >= 0.6 is 11.6 Å². The first-order chi connectivity index (χ1) is 7.22. The predicted molar refractivity (Wildman–Crippen MR) is 57.6 cm³/mol. The van der Waals surface area contributed by atoms with E-state index in [4.69, 9.17) is 11.6 Å². The van der Waals surface area contributed by atoms with Gasteiger partial charge in [-0.05, 0) is 36.1 Å². The van der Waals surface area contributed by atoms with Gasteiger partial charge in [-0.1, -0.05) is 17.7 Å². The summed E-state index contributed by atoms with van der Waals surface area (Å²) in [6.07, 6.45) is 1.77. The summed E-state index contributed by atoms with van der Waals surface area (Å²) in [4.78, 5) is 11.9. The van der Waals surface area contributed by atoms with Gasteiger partial charge in [0, 0.05) is 5.02 Å². The summed E-state index contributed by atoms with van der Waals surface area (Å²) >= 11 is 5.97. The van der Waals surface area contributed by atoms with Crippen molar-refractivity contribution < 1.29 is 4.79 Å². The van der Waals surface area contributed by atoms with Gasteiger partial charge in [-0.15, -0.1) is 0 Å². The molecule has 1 amide bonds. The van der Waals surface area contributed by atoms with E-state index in [2.05, 4.69) is 10.6 Å². The van der Waals surface area contributed by atoms with E-state index in [-0.39, 0.29) is 5.91 Å². The average molecular weight is 223 g/mol. The van der Waals surface area contributed by atoms with Crippen LogP contribution in [0.25, 0.3) is 0 Å². The van der Waals surface area contributed by atoms with Crippen molar-refractivity contribution in [3.63, 3.8) is 0 Å². The third-order valence-corrected chi connectivity index (χ3v) is 3.56. The minimum Gasteiger partial charge on any atom is -0.342 e. The molecule has 3 nitrogen and oxygen atoms in total. The topological polar surface area (TPSA) is 41.1 Å². The number of carbonyl (C=O) groups excluding carboxylic acids is 1. The maximum absolute atomic E-state index is 11.9. The van der Waals surface area contributed by atoms with Crippen LogP contribution in [0.1, 0.15) is 17.5 Å². The van der Waals surface area contributed by atoms with Gasteiger partial charge in [0.25, 0.3) is 0 Å². The van der Waals surface area contributed by atoms with Crippen molar-refractivity contribution >= 4 is 17.5 Å². The monoisotopic (exact) mass is 222 g/mol. The van der Waals surface area contributed by atoms with Gasteiger partial charge in [0.15, 0.2) is 0 Å². The third kappa shape index (κ3) is 1.13. The number of aryl methyl sites for hydroxylation is 1. The molecular weight excluding hydrogens is 212 g/mol. The Morgan fingerprint density at radius 1 is 1.40 bits per heavy atom. The van der Waals surface area contributed by atoms with Crippen molar-refractivity contribution in [2.75, 3.05) is 6.67 Å². The Bertz CT molecular complexity index is 446. The molecule has 15 heavy (non-hydrogen) atoms. The molecule has 1 aliphatic heterocycles. The Balaban J connectivity index is 2.18. The molecule has 3 rings (SSSR count). The molecule has 4 heteroatoms. The molecule has 0 bridgehead atoms. The molecule has 1 atom stereocenters. The van der Waals surface area contributed by atoms with Crippen LogP contribution in [0, 0.1) is 0 Å². The summed E-state index contributed by atoms with van der Waals surface area (Å²) < 4.78 is 0. The first-order valence-electron chi connectivity index (χ1n) is 5.05. The maximum Gasteiger partial charge on any atom is 0.245 e. The van der Waals surface area contributed by atoms with Gasteiger partial charge in [-0.3, -0.25) is 10.1 Å². The zero-order valence-electron chi connectivity index (χ0n) is 8.14. The lowest BCUT2D eigenvalue weighted by Crippen LogP contribution is -2.41. The van der Waals surface area contributed by atoms with E-state index >= 15 is 0 Å². The summed E-state index contributed by atoms with van der Waals surface area (Å²) in [6, 6.07) is 5.80. The largest absolute Gasteiger partial charge is 0.342 e. The number of nitrogens with one attached hydrogen (secondary N) is 2. The summed E-state index contributed by atoms with van der Waals surface area (Å²) in [5, 5.41) is 6.76. The Hall–Kier alpha value is -1.06. The SMILES string of the molecule is O=C1NCNC12CCc1ccc(Cl)cc12. The van der Waals surface area contributed by atoms with Crippen LogP contribution in [-0.2, 0) is 16.8 Å². The van der Waals surface area contributed by atoms with E-state index in [9.17, 15) is 4.79 Å². The fraction of sp³-hybridized carbons (Fsp3) is 0.364. The number of halogens is 1. The molecular formula is C11H11ClN2O. The summed E-state index contributed by atoms with van der Waals surface area (Å²) in [7, 11) is 0. The average Bonchev–Trinajstić information content (AvgIpc) is 2.75. The third-order valence-electron chi connectivity index (χ3n) is 3.33. The highest BCUT2D eigenvalue weighted by molar-refractivity contribution is 6.30. The van der Waals surface area contributed by atoms with Gasteiger partial charge in [0.05, 0.1) is 6.67 Å². The van der Waals surface area contributed by atoms with E-state index in [1.165, 1.54) is 5.56 Å². The first-order valence-corrected chi connectivity index (χ1v) is 5.42. The van der Waals surface area contributed by atoms with E-state index in [0.29, 0.717) is 11.7 Å². The quantitative estimate of drug-likeness (QED) is 0.692. The highest BCUT2D eigenvalue weighted by atomic mass is 35.5. The number of rotatable bonds is 0. The number of benzene rings is 1. The van der Waals surface area contributed by atoms with Crippen molar-refractivity contribution in [1.82, 2.24) is 10.6 Å². The molecule has 78 valence electrons. The molecule has 1 aromatic rings. The standard InChI is InChI=1S/C11H11ClN2O/c12-8-2-1-7-3-4-11(9(7)5-8)10(15)13-6-14-11/h1-2,5,14H,3-4,6H2,(H,13,15). The minimum atomic E-state index is -0.514. The summed E-state index contributed by atoms with van der Waals surface area (Å²) in [5.41, 5.74) is 1.76. The molecule has 2 N–H and O–H groups in total. The second-order valence-corrected chi connectivity index (χ2v) is 4.50. The van der Waals surface area contributed by atoms with Gasteiger partial charge in [-0.2, -0.15) is 0 Å². The molecule has 0 saturated carbocycles. The fourth-order valence-electron chi connectivity index (χ4n) is 2.55. The Kier molecular flexibility index (Phi) is 1.82. The molecule has 2 aliphatic rings. The van der Waals surface area contributed by atoms with Crippen LogP contribution in [0.2, 0.25) is 5.02 Å². The maximum atomic E-state index is 11.9. The zero-order valence-corrected chi connectivity index (χ0v) is 8.90. The van der Waals surface area contributed by atoms with Gasteiger partial charge in [-0.25, -0.2) is 0 Å². The van der Waals surface area contributed by atoms with E-state index in [1.54, 1.807) is 0 Å². The lowest BCUT2D eigenvalue weighted by atomic mass is 9.92. The van der Waals surface area contributed by atoms with E-state index in [1.807, 2.05) is 18.2 Å².